The summed E-state index contributed by atoms with van der Waals surface area (Å²) < 4.78 is 5.59. The van der Waals surface area contributed by atoms with Gasteiger partial charge < -0.3 is 25.2 Å². The third-order valence-corrected chi connectivity index (χ3v) is 7.24. The summed E-state index contributed by atoms with van der Waals surface area (Å²) in [6.45, 7) is 7.90. The Morgan fingerprint density at radius 1 is 1.05 bits per heavy atom. The van der Waals surface area contributed by atoms with Crippen LogP contribution in [0.2, 0.25) is 0 Å². The molecule has 12 heteroatoms. The third kappa shape index (κ3) is 5.31. The van der Waals surface area contributed by atoms with Crippen LogP contribution >= 0.6 is 0 Å². The van der Waals surface area contributed by atoms with Crippen LogP contribution in [0.25, 0.3) is 22.8 Å². The second-order valence-electron chi connectivity index (χ2n) is 10.4. The molecule has 0 radical (unpaired) electrons. The first kappa shape index (κ1) is 27.7. The molecule has 3 N–H and O–H groups in total. The minimum atomic E-state index is -0.621. The number of nitrogens with one attached hydrogen (secondary N) is 2. The molecule has 1 aliphatic rings. The van der Waals surface area contributed by atoms with Crippen LogP contribution in [0.1, 0.15) is 41.5 Å². The van der Waals surface area contributed by atoms with Gasteiger partial charge in [0.05, 0.1) is 29.4 Å². The van der Waals surface area contributed by atoms with Gasteiger partial charge >= 0.3 is 0 Å². The topological polar surface area (TPSA) is 155 Å². The molecule has 1 atom stereocenters. The summed E-state index contributed by atoms with van der Waals surface area (Å²) in [6.07, 6.45) is 6.57. The fourth-order valence-corrected chi connectivity index (χ4v) is 4.99. The van der Waals surface area contributed by atoms with E-state index in [1.165, 1.54) is 0 Å². The van der Waals surface area contributed by atoms with E-state index in [1.54, 1.807) is 47.8 Å². The van der Waals surface area contributed by atoms with Crippen LogP contribution in [-0.4, -0.2) is 59.1 Å². The van der Waals surface area contributed by atoms with Gasteiger partial charge in [-0.3, -0.25) is 9.78 Å². The monoisotopic (exact) mass is 575 g/mol. The molecule has 5 heterocycles. The molecule has 0 spiro atoms. The zero-order valence-electron chi connectivity index (χ0n) is 23.6. The molecule has 1 aromatic carbocycles. The number of nitrogens with zero attached hydrogens (tertiary/aromatic N) is 7. The number of aliphatic hydroxyl groups excluding tert-OH is 1. The number of pyridine rings is 2. The van der Waals surface area contributed by atoms with Crippen molar-refractivity contribution in [3.63, 3.8) is 0 Å². The summed E-state index contributed by atoms with van der Waals surface area (Å²) in [5, 5.41) is 20.8. The van der Waals surface area contributed by atoms with Crippen molar-refractivity contribution in [2.45, 2.75) is 25.4 Å². The molecule has 5 aromatic rings. The second-order valence-corrected chi connectivity index (χ2v) is 10.4. The SMILES string of the molecule is C=CCN1C(=O)c2ccc(Nc3ncc(-c4nc(-c5cccnc5)no4)c(N[C@H](CO)c4ccccc4)n3)nc2C1(C)C. The van der Waals surface area contributed by atoms with Gasteiger partial charge in [0.2, 0.25) is 11.8 Å². The van der Waals surface area contributed by atoms with Crippen LogP contribution < -0.4 is 10.6 Å². The maximum absolute atomic E-state index is 13.0. The molecular formula is C31H29N9O3. The number of aliphatic hydroxyl groups is 1. The molecule has 4 aromatic heterocycles. The Morgan fingerprint density at radius 2 is 1.88 bits per heavy atom. The number of benzene rings is 1. The number of aromatic nitrogens is 6. The number of hydrogen-bond donors (Lipinski definition) is 3. The standard InChI is InChI=1S/C31H29N9O3/c1-4-15-40-29(42)21-12-13-24(35-25(21)31(40,2)3)36-30-33-17-22(28-37-26(39-43-28)20-11-8-14-32-16-20)27(38-30)34-23(18-41)19-9-6-5-7-10-19/h4-14,16-17,23,41H,1,15,18H2,2-3H3,(H2,33,34,35,36,38)/t23-/m1/s1. The first-order chi connectivity index (χ1) is 20.9. The number of rotatable bonds is 10. The maximum atomic E-state index is 13.0. The van der Waals surface area contributed by atoms with Crippen LogP contribution in [0.15, 0.2) is 90.4 Å². The molecule has 6 rings (SSSR count). The number of amides is 1. The zero-order chi connectivity index (χ0) is 30.0. The molecule has 0 saturated carbocycles. The molecule has 1 amide bonds. The fourth-order valence-electron chi connectivity index (χ4n) is 4.99. The normalized spacial score (nSPS) is 14.3. The molecular weight excluding hydrogens is 546 g/mol. The van der Waals surface area contributed by atoms with Crippen LogP contribution in [0.3, 0.4) is 0 Å². The lowest BCUT2D eigenvalue weighted by atomic mass is 9.99. The highest BCUT2D eigenvalue weighted by Crippen LogP contribution is 2.38. The lowest BCUT2D eigenvalue weighted by molar-refractivity contribution is 0.0649. The smallest absolute Gasteiger partial charge is 0.263 e. The van der Waals surface area contributed by atoms with Crippen LogP contribution in [0.4, 0.5) is 17.6 Å². The van der Waals surface area contributed by atoms with Crippen molar-refractivity contribution in [1.82, 2.24) is 35.0 Å². The first-order valence-corrected chi connectivity index (χ1v) is 13.6. The Morgan fingerprint density at radius 3 is 2.63 bits per heavy atom. The highest BCUT2D eigenvalue weighted by atomic mass is 16.5. The minimum absolute atomic E-state index is 0.0905. The van der Waals surface area contributed by atoms with Gasteiger partial charge in [0, 0.05) is 30.7 Å². The van der Waals surface area contributed by atoms with Crippen molar-refractivity contribution >= 4 is 23.5 Å². The van der Waals surface area contributed by atoms with Crippen molar-refractivity contribution < 1.29 is 14.4 Å². The summed E-state index contributed by atoms with van der Waals surface area (Å²) in [5.74, 6) is 1.53. The highest BCUT2D eigenvalue weighted by molar-refractivity contribution is 5.99. The number of anilines is 3. The van der Waals surface area contributed by atoms with Gasteiger partial charge in [0.1, 0.15) is 17.2 Å². The second kappa shape index (κ2) is 11.4. The molecule has 216 valence electrons. The van der Waals surface area contributed by atoms with Gasteiger partial charge in [-0.1, -0.05) is 41.6 Å². The number of carbonyl (C=O) groups is 1. The molecule has 12 nitrogen and oxygen atoms in total. The third-order valence-electron chi connectivity index (χ3n) is 7.24. The van der Waals surface area contributed by atoms with E-state index in [1.807, 2.05) is 50.2 Å². The summed E-state index contributed by atoms with van der Waals surface area (Å²) in [6, 6.07) is 16.1. The Kier molecular flexibility index (Phi) is 7.34. The minimum Gasteiger partial charge on any atom is -0.394 e. The molecule has 1 aliphatic heterocycles. The number of fused-ring (bicyclic) bond motifs is 1. The van der Waals surface area contributed by atoms with Gasteiger partial charge in [-0.2, -0.15) is 9.97 Å². The van der Waals surface area contributed by atoms with Gasteiger partial charge in [-0.15, -0.1) is 6.58 Å². The van der Waals surface area contributed by atoms with E-state index < -0.39 is 11.6 Å². The zero-order valence-corrected chi connectivity index (χ0v) is 23.6. The summed E-state index contributed by atoms with van der Waals surface area (Å²) in [5.41, 5.74) is 2.57. The van der Waals surface area contributed by atoms with Gasteiger partial charge in [0.25, 0.3) is 11.8 Å². The lowest BCUT2D eigenvalue weighted by Gasteiger charge is -2.30. The fraction of sp³-hybridized carbons (Fsp3) is 0.194. The van der Waals surface area contributed by atoms with E-state index >= 15 is 0 Å². The van der Waals surface area contributed by atoms with Crippen molar-refractivity contribution in [1.29, 1.82) is 0 Å². The van der Waals surface area contributed by atoms with Crippen molar-refractivity contribution in [3.05, 3.63) is 103 Å². The van der Waals surface area contributed by atoms with E-state index in [2.05, 4.69) is 37.3 Å². The lowest BCUT2D eigenvalue weighted by Crippen LogP contribution is -2.39. The summed E-state index contributed by atoms with van der Waals surface area (Å²) >= 11 is 0. The maximum Gasteiger partial charge on any atom is 0.263 e. The summed E-state index contributed by atoms with van der Waals surface area (Å²) in [7, 11) is 0. The van der Waals surface area contributed by atoms with E-state index in [-0.39, 0.29) is 24.4 Å². The molecule has 0 unspecified atom stereocenters. The number of carbonyl (C=O) groups excluding carboxylic acids is 1. The van der Waals surface area contributed by atoms with Gasteiger partial charge in [-0.05, 0) is 43.7 Å². The van der Waals surface area contributed by atoms with E-state index in [4.69, 9.17) is 14.5 Å². The molecule has 0 fully saturated rings. The average Bonchev–Trinajstić information content (AvgIpc) is 3.59. The van der Waals surface area contributed by atoms with Crippen LogP contribution in [0, 0.1) is 0 Å². The molecule has 0 bridgehead atoms. The first-order valence-electron chi connectivity index (χ1n) is 13.6. The van der Waals surface area contributed by atoms with Crippen LogP contribution in [-0.2, 0) is 5.54 Å². The Balaban J connectivity index is 1.35. The van der Waals surface area contributed by atoms with E-state index in [0.29, 0.717) is 46.4 Å². The molecule has 43 heavy (non-hydrogen) atoms. The quantitative estimate of drug-likeness (QED) is 0.198. The highest BCUT2D eigenvalue weighted by Gasteiger charge is 2.43. The van der Waals surface area contributed by atoms with E-state index in [9.17, 15) is 9.90 Å². The van der Waals surface area contributed by atoms with Gasteiger partial charge in [0.15, 0.2) is 0 Å². The average molecular weight is 576 g/mol. The van der Waals surface area contributed by atoms with Crippen LogP contribution in [0.5, 0.6) is 0 Å². The predicted molar refractivity (Wildman–Crippen MR) is 160 cm³/mol. The van der Waals surface area contributed by atoms with Crippen molar-refractivity contribution in [2.75, 3.05) is 23.8 Å². The summed E-state index contributed by atoms with van der Waals surface area (Å²) in [4.78, 5) is 37.3. The molecule has 0 aliphatic carbocycles. The van der Waals surface area contributed by atoms with Crippen molar-refractivity contribution in [3.8, 4) is 22.8 Å². The van der Waals surface area contributed by atoms with Gasteiger partial charge in [-0.25, -0.2) is 9.97 Å². The Labute approximate surface area is 247 Å². The molecule has 0 saturated heterocycles. The van der Waals surface area contributed by atoms with Crippen molar-refractivity contribution in [2.24, 2.45) is 0 Å². The predicted octanol–water partition coefficient (Wildman–Crippen LogP) is 4.75. The van der Waals surface area contributed by atoms with E-state index in [0.717, 1.165) is 5.56 Å². The number of hydrogen-bond acceptors (Lipinski definition) is 11. The largest absolute Gasteiger partial charge is 0.394 e. The Bertz CT molecular complexity index is 1770. The Hall–Kier alpha value is -5.49.